The average molecular weight is 281 g/mol. The Morgan fingerprint density at radius 3 is 2.18 bits per heavy atom. The molecule has 0 N–H and O–H groups in total. The Balaban J connectivity index is 2.38. The standard InChI is InChI=1S/C21H15N/c1-13-18-11-10-15-6-3-4-8-19(15)21(18)14(2)17-9-5-7-16(12-22)20(13)17/h3-11H,1-2H3. The first-order valence-corrected chi connectivity index (χ1v) is 7.46. The summed E-state index contributed by atoms with van der Waals surface area (Å²) in [6.07, 6.45) is 0. The minimum Gasteiger partial charge on any atom is -0.192 e. The van der Waals surface area contributed by atoms with Crippen LogP contribution in [-0.4, -0.2) is 0 Å². The van der Waals surface area contributed by atoms with Gasteiger partial charge in [0.25, 0.3) is 0 Å². The molecule has 0 atom stereocenters. The molecule has 0 saturated heterocycles. The zero-order valence-electron chi connectivity index (χ0n) is 12.6. The average Bonchev–Trinajstić information content (AvgIpc) is 2.58. The van der Waals surface area contributed by atoms with Crippen molar-refractivity contribution in [2.45, 2.75) is 13.8 Å². The predicted octanol–water partition coefficient (Wildman–Crippen LogP) is 5.63. The SMILES string of the molecule is Cc1c2ccc3ccccc3c2c(C)c2cccc(C#N)c12. The Bertz CT molecular complexity index is 1100. The van der Waals surface area contributed by atoms with Crippen molar-refractivity contribution >= 4 is 32.3 Å². The fraction of sp³-hybridized carbons (Fsp3) is 0.0952. The van der Waals surface area contributed by atoms with Crippen molar-refractivity contribution in [2.24, 2.45) is 0 Å². The second kappa shape index (κ2) is 4.58. The Kier molecular flexibility index (Phi) is 2.68. The number of nitriles is 1. The fourth-order valence-corrected chi connectivity index (χ4v) is 3.62. The molecule has 22 heavy (non-hydrogen) atoms. The Morgan fingerprint density at radius 1 is 0.682 bits per heavy atom. The maximum Gasteiger partial charge on any atom is 0.0998 e. The van der Waals surface area contributed by atoms with Crippen molar-refractivity contribution in [1.82, 2.24) is 0 Å². The molecule has 4 aromatic rings. The smallest absolute Gasteiger partial charge is 0.0998 e. The number of fused-ring (bicyclic) bond motifs is 4. The van der Waals surface area contributed by atoms with Gasteiger partial charge in [0.15, 0.2) is 0 Å². The lowest BCUT2D eigenvalue weighted by Gasteiger charge is -2.15. The van der Waals surface area contributed by atoms with E-state index >= 15 is 0 Å². The van der Waals surface area contributed by atoms with E-state index in [1.165, 1.54) is 38.1 Å². The first kappa shape index (κ1) is 12.9. The maximum absolute atomic E-state index is 9.44. The Labute approximate surface area is 129 Å². The van der Waals surface area contributed by atoms with Gasteiger partial charge in [-0.3, -0.25) is 0 Å². The van der Waals surface area contributed by atoms with Crippen molar-refractivity contribution in [3.05, 3.63) is 71.3 Å². The molecule has 104 valence electrons. The van der Waals surface area contributed by atoms with Gasteiger partial charge in [-0.15, -0.1) is 0 Å². The summed E-state index contributed by atoms with van der Waals surface area (Å²) in [4.78, 5) is 0. The summed E-state index contributed by atoms with van der Waals surface area (Å²) >= 11 is 0. The number of hydrogen-bond acceptors (Lipinski definition) is 1. The number of rotatable bonds is 0. The molecule has 0 spiro atoms. The van der Waals surface area contributed by atoms with E-state index in [4.69, 9.17) is 0 Å². The predicted molar refractivity (Wildman–Crippen MR) is 93.1 cm³/mol. The van der Waals surface area contributed by atoms with Crippen LogP contribution in [-0.2, 0) is 0 Å². The van der Waals surface area contributed by atoms with Crippen molar-refractivity contribution in [3.63, 3.8) is 0 Å². The van der Waals surface area contributed by atoms with Gasteiger partial charge >= 0.3 is 0 Å². The summed E-state index contributed by atoms with van der Waals surface area (Å²) in [5.41, 5.74) is 3.20. The summed E-state index contributed by atoms with van der Waals surface area (Å²) in [5.74, 6) is 0. The van der Waals surface area contributed by atoms with Crippen LogP contribution >= 0.6 is 0 Å². The number of nitrogens with zero attached hydrogens (tertiary/aromatic N) is 1. The van der Waals surface area contributed by atoms with Gasteiger partial charge in [-0.25, -0.2) is 0 Å². The van der Waals surface area contributed by atoms with E-state index in [2.05, 4.69) is 62.4 Å². The number of hydrogen-bond donors (Lipinski definition) is 0. The highest BCUT2D eigenvalue weighted by Crippen LogP contribution is 2.37. The lowest BCUT2D eigenvalue weighted by Crippen LogP contribution is -1.92. The molecule has 0 aliphatic heterocycles. The second-order valence-electron chi connectivity index (χ2n) is 5.80. The van der Waals surface area contributed by atoms with E-state index in [1.807, 2.05) is 12.1 Å². The van der Waals surface area contributed by atoms with Gasteiger partial charge in [0, 0.05) is 5.39 Å². The zero-order chi connectivity index (χ0) is 15.3. The summed E-state index contributed by atoms with van der Waals surface area (Å²) in [6, 6.07) is 21.2. The molecule has 0 aliphatic rings. The molecule has 0 fully saturated rings. The molecular weight excluding hydrogens is 266 g/mol. The lowest BCUT2D eigenvalue weighted by atomic mass is 9.88. The number of benzene rings is 4. The van der Waals surface area contributed by atoms with Crippen LogP contribution in [0.3, 0.4) is 0 Å². The van der Waals surface area contributed by atoms with Crippen LogP contribution < -0.4 is 0 Å². The number of aryl methyl sites for hydroxylation is 2. The van der Waals surface area contributed by atoms with E-state index in [0.717, 1.165) is 10.9 Å². The van der Waals surface area contributed by atoms with Crippen LogP contribution in [0.2, 0.25) is 0 Å². The highest BCUT2D eigenvalue weighted by Gasteiger charge is 2.13. The molecule has 0 heterocycles. The van der Waals surface area contributed by atoms with E-state index in [0.29, 0.717) is 0 Å². The van der Waals surface area contributed by atoms with Crippen LogP contribution in [0.4, 0.5) is 0 Å². The largest absolute Gasteiger partial charge is 0.192 e. The summed E-state index contributed by atoms with van der Waals surface area (Å²) in [5, 5.41) is 16.8. The zero-order valence-corrected chi connectivity index (χ0v) is 12.6. The van der Waals surface area contributed by atoms with E-state index in [9.17, 15) is 5.26 Å². The van der Waals surface area contributed by atoms with Gasteiger partial charge in [-0.05, 0) is 58.0 Å². The molecule has 0 aliphatic carbocycles. The van der Waals surface area contributed by atoms with Crippen LogP contribution in [0.25, 0.3) is 32.3 Å². The summed E-state index contributed by atoms with van der Waals surface area (Å²) in [6.45, 7) is 4.29. The molecule has 0 amide bonds. The third kappa shape index (κ3) is 1.58. The molecule has 1 heteroatoms. The molecule has 0 saturated carbocycles. The molecule has 0 aromatic heterocycles. The topological polar surface area (TPSA) is 23.8 Å². The normalized spacial score (nSPS) is 11.1. The van der Waals surface area contributed by atoms with Crippen LogP contribution in [0, 0.1) is 25.2 Å². The van der Waals surface area contributed by atoms with Crippen molar-refractivity contribution in [2.75, 3.05) is 0 Å². The molecular formula is C21H15N. The Morgan fingerprint density at radius 2 is 1.36 bits per heavy atom. The molecule has 1 nitrogen and oxygen atoms in total. The van der Waals surface area contributed by atoms with Crippen LogP contribution in [0.1, 0.15) is 16.7 Å². The highest BCUT2D eigenvalue weighted by molar-refractivity contribution is 6.17. The monoisotopic (exact) mass is 281 g/mol. The molecule has 4 aromatic carbocycles. The minimum absolute atomic E-state index is 0.758. The minimum atomic E-state index is 0.758. The third-order valence-electron chi connectivity index (χ3n) is 4.67. The van der Waals surface area contributed by atoms with Crippen molar-refractivity contribution in [3.8, 4) is 6.07 Å². The van der Waals surface area contributed by atoms with Gasteiger partial charge in [0.2, 0.25) is 0 Å². The quantitative estimate of drug-likeness (QED) is 0.302. The van der Waals surface area contributed by atoms with Gasteiger partial charge in [0.1, 0.15) is 0 Å². The molecule has 4 rings (SSSR count). The van der Waals surface area contributed by atoms with Gasteiger partial charge in [0.05, 0.1) is 11.6 Å². The van der Waals surface area contributed by atoms with Gasteiger partial charge in [-0.2, -0.15) is 5.26 Å². The summed E-state index contributed by atoms with van der Waals surface area (Å²) in [7, 11) is 0. The van der Waals surface area contributed by atoms with E-state index in [1.54, 1.807) is 0 Å². The van der Waals surface area contributed by atoms with E-state index in [-0.39, 0.29) is 0 Å². The van der Waals surface area contributed by atoms with E-state index < -0.39 is 0 Å². The molecule has 0 unspecified atom stereocenters. The maximum atomic E-state index is 9.44. The van der Waals surface area contributed by atoms with Crippen LogP contribution in [0.15, 0.2) is 54.6 Å². The first-order chi connectivity index (χ1) is 10.7. The fourth-order valence-electron chi connectivity index (χ4n) is 3.62. The molecule has 0 bridgehead atoms. The first-order valence-electron chi connectivity index (χ1n) is 7.46. The Hall–Kier alpha value is -2.85. The van der Waals surface area contributed by atoms with Crippen LogP contribution in [0.5, 0.6) is 0 Å². The summed E-state index contributed by atoms with van der Waals surface area (Å²) < 4.78 is 0. The van der Waals surface area contributed by atoms with Gasteiger partial charge in [-0.1, -0.05) is 48.5 Å². The molecule has 0 radical (unpaired) electrons. The third-order valence-corrected chi connectivity index (χ3v) is 4.67. The second-order valence-corrected chi connectivity index (χ2v) is 5.80. The highest BCUT2D eigenvalue weighted by atomic mass is 14.3. The lowest BCUT2D eigenvalue weighted by molar-refractivity contribution is 1.48. The van der Waals surface area contributed by atoms with Crippen molar-refractivity contribution in [1.29, 1.82) is 5.26 Å². The van der Waals surface area contributed by atoms with Crippen molar-refractivity contribution < 1.29 is 0 Å². The van der Waals surface area contributed by atoms with Gasteiger partial charge < -0.3 is 0 Å².